The number of carbonyl (C=O) groups excluding carboxylic acids is 4. The van der Waals surface area contributed by atoms with Crippen molar-refractivity contribution in [1.29, 1.82) is 0 Å². The van der Waals surface area contributed by atoms with Gasteiger partial charge in [-0.3, -0.25) is 24.1 Å². The number of amides is 4. The molecule has 29 heavy (non-hydrogen) atoms. The number of quaternary nitrogens is 1. The van der Waals surface area contributed by atoms with Gasteiger partial charge in [0.15, 0.2) is 0 Å². The van der Waals surface area contributed by atoms with Crippen molar-refractivity contribution < 1.29 is 24.5 Å². The minimum absolute atomic E-state index is 0.0749. The van der Waals surface area contributed by atoms with Gasteiger partial charge in [-0.05, 0) is 18.9 Å². The Hall–Kier alpha value is -2.74. The number of likely N-dealkylation sites (tertiary alicyclic amines) is 1. The van der Waals surface area contributed by atoms with E-state index < -0.39 is 23.3 Å². The molecule has 3 fully saturated rings. The summed E-state index contributed by atoms with van der Waals surface area (Å²) < 4.78 is 0. The zero-order chi connectivity index (χ0) is 20.3. The molecule has 8 nitrogen and oxygen atoms in total. The van der Waals surface area contributed by atoms with Crippen molar-refractivity contribution in [2.24, 2.45) is 17.6 Å². The van der Waals surface area contributed by atoms with Crippen LogP contribution in [-0.4, -0.2) is 40.6 Å². The van der Waals surface area contributed by atoms with Crippen molar-refractivity contribution in [3.8, 4) is 0 Å². The van der Waals surface area contributed by atoms with Gasteiger partial charge in [-0.2, -0.15) is 0 Å². The average Bonchev–Trinajstić information content (AvgIpc) is 3.42. The monoisotopic (exact) mass is 397 g/mol. The molecular formula is C21H25N4O4+. The molecule has 3 heterocycles. The maximum atomic E-state index is 13.6. The summed E-state index contributed by atoms with van der Waals surface area (Å²) in [4.78, 5) is 53.1. The van der Waals surface area contributed by atoms with Gasteiger partial charge in [0.05, 0.1) is 5.69 Å². The number of primary amides is 1. The molecule has 5 N–H and O–H groups in total. The Bertz CT molecular complexity index is 925. The summed E-state index contributed by atoms with van der Waals surface area (Å²) >= 11 is 0. The van der Waals surface area contributed by atoms with Gasteiger partial charge in [0.25, 0.3) is 5.91 Å². The molecule has 0 radical (unpaired) electrons. The van der Waals surface area contributed by atoms with Gasteiger partial charge >= 0.3 is 0 Å². The van der Waals surface area contributed by atoms with Gasteiger partial charge in [-0.25, -0.2) is 0 Å². The Kier molecular flexibility index (Phi) is 4.03. The molecule has 2 saturated heterocycles. The number of benzene rings is 1. The normalized spacial score (nSPS) is 33.4. The molecule has 5 rings (SSSR count). The number of carbonyl (C=O) groups is 4. The lowest BCUT2D eigenvalue weighted by Gasteiger charge is -2.28. The molecule has 152 valence electrons. The first-order chi connectivity index (χ1) is 13.9. The molecular weight excluding hydrogens is 372 g/mol. The van der Waals surface area contributed by atoms with Crippen molar-refractivity contribution in [2.75, 3.05) is 5.32 Å². The second-order valence-corrected chi connectivity index (χ2v) is 8.69. The number of rotatable bonds is 4. The number of hydrogen-bond donors (Lipinski definition) is 3. The molecule has 1 aliphatic carbocycles. The van der Waals surface area contributed by atoms with E-state index in [2.05, 4.69) is 5.32 Å². The van der Waals surface area contributed by atoms with Crippen LogP contribution in [-0.2, 0) is 24.7 Å². The SMILES string of the molecule is NC(=O)CC[C@H]1[NH2+][C@@]2(C(=O)Nc3ccccc32)[C@@H]2C(=O)N(C3CCCC3)C(=O)[C@@H]21. The maximum Gasteiger partial charge on any atom is 0.291 e. The molecule has 1 aromatic rings. The van der Waals surface area contributed by atoms with Crippen molar-refractivity contribution in [3.05, 3.63) is 29.8 Å². The van der Waals surface area contributed by atoms with Crippen LogP contribution in [0.25, 0.3) is 0 Å². The Morgan fingerprint density at radius 3 is 2.62 bits per heavy atom. The van der Waals surface area contributed by atoms with Crippen LogP contribution >= 0.6 is 0 Å². The van der Waals surface area contributed by atoms with E-state index in [0.717, 1.165) is 31.2 Å². The van der Waals surface area contributed by atoms with Gasteiger partial charge in [-0.1, -0.05) is 31.0 Å². The van der Waals surface area contributed by atoms with Crippen LogP contribution in [0.5, 0.6) is 0 Å². The highest BCUT2D eigenvalue weighted by molar-refractivity contribution is 6.14. The van der Waals surface area contributed by atoms with E-state index in [1.54, 1.807) is 0 Å². The van der Waals surface area contributed by atoms with Crippen LogP contribution in [0.1, 0.15) is 44.1 Å². The fourth-order valence-corrected chi connectivity index (χ4v) is 6.04. The van der Waals surface area contributed by atoms with E-state index in [1.807, 2.05) is 29.6 Å². The minimum Gasteiger partial charge on any atom is -0.370 e. The van der Waals surface area contributed by atoms with Crippen molar-refractivity contribution in [2.45, 2.75) is 56.1 Å². The highest BCUT2D eigenvalue weighted by Gasteiger charge is 2.74. The lowest BCUT2D eigenvalue weighted by atomic mass is 9.76. The topological polar surface area (TPSA) is 126 Å². The van der Waals surface area contributed by atoms with Crippen LogP contribution < -0.4 is 16.4 Å². The maximum absolute atomic E-state index is 13.6. The predicted molar refractivity (Wildman–Crippen MR) is 102 cm³/mol. The summed E-state index contributed by atoms with van der Waals surface area (Å²) in [6, 6.07) is 6.93. The largest absolute Gasteiger partial charge is 0.370 e. The van der Waals surface area contributed by atoms with Crippen LogP contribution in [0.4, 0.5) is 5.69 Å². The molecule has 0 unspecified atom stereocenters. The number of anilines is 1. The van der Waals surface area contributed by atoms with Gasteiger partial charge in [0.1, 0.15) is 17.9 Å². The van der Waals surface area contributed by atoms with E-state index in [1.165, 1.54) is 4.90 Å². The molecule has 0 bridgehead atoms. The third kappa shape index (κ3) is 2.41. The third-order valence-corrected chi connectivity index (χ3v) is 7.22. The third-order valence-electron chi connectivity index (χ3n) is 7.22. The fraction of sp³-hybridized carbons (Fsp3) is 0.524. The molecule has 3 aliphatic heterocycles. The summed E-state index contributed by atoms with van der Waals surface area (Å²) in [7, 11) is 0. The van der Waals surface area contributed by atoms with Crippen molar-refractivity contribution >= 4 is 29.3 Å². The Morgan fingerprint density at radius 2 is 1.90 bits per heavy atom. The summed E-state index contributed by atoms with van der Waals surface area (Å²) in [5, 5.41) is 4.76. The summed E-state index contributed by atoms with van der Waals surface area (Å²) in [6.07, 6.45) is 4.14. The Labute approximate surface area is 168 Å². The van der Waals surface area contributed by atoms with Crippen molar-refractivity contribution in [3.63, 3.8) is 0 Å². The molecule has 8 heteroatoms. The predicted octanol–water partition coefficient (Wildman–Crippen LogP) is -0.411. The summed E-state index contributed by atoms with van der Waals surface area (Å²) in [6.45, 7) is 0. The number of para-hydroxylation sites is 1. The molecule has 0 aromatic heterocycles. The Morgan fingerprint density at radius 1 is 1.17 bits per heavy atom. The first-order valence-corrected chi connectivity index (χ1v) is 10.4. The average molecular weight is 397 g/mol. The number of nitrogens with one attached hydrogen (secondary N) is 1. The molecule has 4 atom stereocenters. The molecule has 4 aliphatic rings. The van der Waals surface area contributed by atoms with Crippen LogP contribution in [0, 0.1) is 11.8 Å². The Balaban J connectivity index is 1.61. The van der Waals surface area contributed by atoms with E-state index in [-0.39, 0.29) is 36.2 Å². The first-order valence-electron chi connectivity index (χ1n) is 10.4. The number of nitrogens with two attached hydrogens (primary N) is 2. The van der Waals surface area contributed by atoms with Crippen LogP contribution in [0.3, 0.4) is 0 Å². The summed E-state index contributed by atoms with van der Waals surface area (Å²) in [5.74, 6) is -2.50. The zero-order valence-corrected chi connectivity index (χ0v) is 16.1. The van der Waals surface area contributed by atoms with E-state index >= 15 is 0 Å². The smallest absolute Gasteiger partial charge is 0.291 e. The van der Waals surface area contributed by atoms with Crippen LogP contribution in [0.2, 0.25) is 0 Å². The van der Waals surface area contributed by atoms with E-state index in [4.69, 9.17) is 5.73 Å². The standard InChI is InChI=1S/C21H24N4O4/c22-15(26)10-9-14-16-17(19(28)25(18(16)27)11-5-1-2-6-11)21(24-14)12-7-3-4-8-13(12)23-20(21)29/h3-4,7-8,11,14,16-17,24H,1-2,5-6,9-10H2,(H2,22,26)(H,23,29)/p+1/t14-,16-,17+,21-/m1/s1. The zero-order valence-electron chi connectivity index (χ0n) is 16.1. The molecule has 4 amide bonds. The molecule has 1 saturated carbocycles. The number of nitrogens with zero attached hydrogens (tertiary/aromatic N) is 1. The lowest BCUT2D eigenvalue weighted by molar-refractivity contribution is -0.734. The minimum atomic E-state index is -1.16. The molecule has 1 spiro atoms. The number of imide groups is 1. The second-order valence-electron chi connectivity index (χ2n) is 8.69. The van der Waals surface area contributed by atoms with E-state index in [9.17, 15) is 19.2 Å². The quantitative estimate of drug-likeness (QED) is 0.597. The highest BCUT2D eigenvalue weighted by atomic mass is 16.2. The van der Waals surface area contributed by atoms with Crippen molar-refractivity contribution in [1.82, 2.24) is 4.90 Å². The van der Waals surface area contributed by atoms with Crippen LogP contribution in [0.15, 0.2) is 24.3 Å². The second kappa shape index (κ2) is 6.38. The van der Waals surface area contributed by atoms with E-state index in [0.29, 0.717) is 12.1 Å². The first kappa shape index (κ1) is 18.3. The van der Waals surface area contributed by atoms with Gasteiger partial charge in [0, 0.05) is 24.4 Å². The lowest BCUT2D eigenvalue weighted by Crippen LogP contribution is -2.99. The number of hydrogen-bond acceptors (Lipinski definition) is 4. The summed E-state index contributed by atoms with van der Waals surface area (Å²) in [5.41, 5.74) is 5.62. The molecule has 1 aromatic carbocycles. The highest BCUT2D eigenvalue weighted by Crippen LogP contribution is 2.50. The van der Waals surface area contributed by atoms with Gasteiger partial charge in [0.2, 0.25) is 23.3 Å². The fourth-order valence-electron chi connectivity index (χ4n) is 6.04. The van der Waals surface area contributed by atoms with Gasteiger partial charge < -0.3 is 16.4 Å². The number of fused-ring (bicyclic) bond motifs is 4. The van der Waals surface area contributed by atoms with Gasteiger partial charge in [-0.15, -0.1) is 0 Å².